The van der Waals surface area contributed by atoms with Crippen molar-refractivity contribution < 1.29 is 4.92 Å². The lowest BCUT2D eigenvalue weighted by molar-refractivity contribution is -0.384. The fourth-order valence-corrected chi connectivity index (χ4v) is 5.70. The second kappa shape index (κ2) is 12.2. The van der Waals surface area contributed by atoms with E-state index < -0.39 is 0 Å². The van der Waals surface area contributed by atoms with Gasteiger partial charge in [0.25, 0.3) is 5.69 Å². The molecule has 5 aromatic carbocycles. The fourth-order valence-electron chi connectivity index (χ4n) is 5.70. The Bertz CT molecular complexity index is 1790. The van der Waals surface area contributed by atoms with Gasteiger partial charge in [-0.2, -0.15) is 0 Å². The smallest absolute Gasteiger partial charge is 0.271 e. The van der Waals surface area contributed by atoms with E-state index in [0.29, 0.717) is 11.8 Å². The summed E-state index contributed by atoms with van der Waals surface area (Å²) in [6.07, 6.45) is 8.80. The standard InChI is InChI=1S/C38H33N3O2/c1-28-11-6-7-20-38(28)31-15-9-18-36(26-31)40(35-17-8-14-30(25-35)29-12-4-3-5-13-29)33-23-21-32(22-24-33)39(2)34-16-10-19-37(27-34)41(42)43/h3-28,38H,1-2H3. The van der Waals surface area contributed by atoms with Crippen LogP contribution >= 0.6 is 0 Å². The Morgan fingerprint density at radius 2 is 1.23 bits per heavy atom. The molecule has 0 saturated heterocycles. The van der Waals surface area contributed by atoms with E-state index >= 15 is 0 Å². The topological polar surface area (TPSA) is 49.6 Å². The molecular formula is C38H33N3O2. The van der Waals surface area contributed by atoms with Crippen molar-refractivity contribution in [3.63, 3.8) is 0 Å². The monoisotopic (exact) mass is 563 g/mol. The summed E-state index contributed by atoms with van der Waals surface area (Å²) in [5, 5.41) is 11.3. The largest absolute Gasteiger partial charge is 0.344 e. The average Bonchev–Trinajstić information content (AvgIpc) is 3.06. The number of hydrogen-bond acceptors (Lipinski definition) is 4. The van der Waals surface area contributed by atoms with Gasteiger partial charge < -0.3 is 9.80 Å². The average molecular weight is 564 g/mol. The Hall–Kier alpha value is -5.42. The first-order valence-electron chi connectivity index (χ1n) is 14.5. The van der Waals surface area contributed by atoms with E-state index in [1.165, 1.54) is 17.2 Å². The molecule has 5 nitrogen and oxygen atoms in total. The highest BCUT2D eigenvalue weighted by Crippen LogP contribution is 2.40. The summed E-state index contributed by atoms with van der Waals surface area (Å²) in [6.45, 7) is 2.26. The van der Waals surface area contributed by atoms with Gasteiger partial charge in [-0.3, -0.25) is 10.1 Å². The minimum absolute atomic E-state index is 0.0722. The number of nitro benzene ring substituents is 1. The first kappa shape index (κ1) is 27.7. The van der Waals surface area contributed by atoms with Crippen LogP contribution in [0.5, 0.6) is 0 Å². The summed E-state index contributed by atoms with van der Waals surface area (Å²) in [6, 6.07) is 42.9. The minimum Gasteiger partial charge on any atom is -0.344 e. The zero-order valence-electron chi connectivity index (χ0n) is 24.2. The van der Waals surface area contributed by atoms with Gasteiger partial charge in [0.15, 0.2) is 0 Å². The molecule has 6 rings (SSSR count). The van der Waals surface area contributed by atoms with Crippen LogP contribution in [-0.2, 0) is 0 Å². The molecule has 0 heterocycles. The SMILES string of the molecule is CC1C=CC=CC1c1cccc(N(c2ccc(N(C)c3cccc([N+](=O)[O-])c3)cc2)c2cccc(-c3ccccc3)c2)c1. The van der Waals surface area contributed by atoms with Crippen molar-refractivity contribution in [2.75, 3.05) is 16.8 Å². The summed E-state index contributed by atoms with van der Waals surface area (Å²) < 4.78 is 0. The van der Waals surface area contributed by atoms with Gasteiger partial charge in [0, 0.05) is 53.5 Å². The van der Waals surface area contributed by atoms with Crippen LogP contribution in [0.1, 0.15) is 18.4 Å². The highest BCUT2D eigenvalue weighted by atomic mass is 16.6. The number of rotatable bonds is 8. The molecule has 1 aliphatic carbocycles. The molecule has 0 aliphatic heterocycles. The first-order valence-corrected chi connectivity index (χ1v) is 14.5. The summed E-state index contributed by atoms with van der Waals surface area (Å²) in [7, 11) is 1.92. The molecule has 43 heavy (non-hydrogen) atoms. The predicted molar refractivity (Wildman–Crippen MR) is 178 cm³/mol. The van der Waals surface area contributed by atoms with Crippen LogP contribution in [-0.4, -0.2) is 12.0 Å². The van der Waals surface area contributed by atoms with Crippen molar-refractivity contribution in [2.24, 2.45) is 5.92 Å². The number of benzene rings is 5. The predicted octanol–water partition coefficient (Wildman–Crippen LogP) is 10.3. The second-order valence-electron chi connectivity index (χ2n) is 10.9. The van der Waals surface area contributed by atoms with Gasteiger partial charge in [-0.25, -0.2) is 0 Å². The molecule has 0 bridgehead atoms. The van der Waals surface area contributed by atoms with Crippen molar-refractivity contribution in [3.8, 4) is 11.1 Å². The molecule has 5 heteroatoms. The van der Waals surface area contributed by atoms with Crippen molar-refractivity contribution in [1.82, 2.24) is 0 Å². The van der Waals surface area contributed by atoms with Gasteiger partial charge in [-0.15, -0.1) is 0 Å². The fraction of sp³-hybridized carbons (Fsp3) is 0.105. The lowest BCUT2D eigenvalue weighted by Gasteiger charge is -2.29. The molecule has 0 aromatic heterocycles. The van der Waals surface area contributed by atoms with Crippen LogP contribution < -0.4 is 9.80 Å². The molecule has 0 amide bonds. The quantitative estimate of drug-likeness (QED) is 0.139. The summed E-state index contributed by atoms with van der Waals surface area (Å²) >= 11 is 0. The number of anilines is 5. The molecule has 212 valence electrons. The van der Waals surface area contributed by atoms with Crippen LogP contribution in [0.2, 0.25) is 0 Å². The normalized spacial score (nSPS) is 15.7. The van der Waals surface area contributed by atoms with E-state index in [2.05, 4.69) is 133 Å². The van der Waals surface area contributed by atoms with Gasteiger partial charge in [0.1, 0.15) is 0 Å². The number of hydrogen-bond donors (Lipinski definition) is 0. The number of allylic oxidation sites excluding steroid dienone is 4. The Morgan fingerprint density at radius 3 is 1.98 bits per heavy atom. The van der Waals surface area contributed by atoms with E-state index in [1.807, 2.05) is 24.1 Å². The van der Waals surface area contributed by atoms with E-state index in [1.54, 1.807) is 12.1 Å². The van der Waals surface area contributed by atoms with Crippen LogP contribution in [0.25, 0.3) is 11.1 Å². The van der Waals surface area contributed by atoms with E-state index in [0.717, 1.165) is 34.0 Å². The van der Waals surface area contributed by atoms with Crippen LogP contribution in [0.4, 0.5) is 34.1 Å². The first-order chi connectivity index (χ1) is 21.0. The van der Waals surface area contributed by atoms with Gasteiger partial charge >= 0.3 is 0 Å². The maximum atomic E-state index is 11.3. The summed E-state index contributed by atoms with van der Waals surface area (Å²) in [5.74, 6) is 0.729. The van der Waals surface area contributed by atoms with Crippen molar-refractivity contribution in [1.29, 1.82) is 0 Å². The van der Waals surface area contributed by atoms with Gasteiger partial charge in [-0.1, -0.05) is 91.9 Å². The Morgan fingerprint density at radius 1 is 0.605 bits per heavy atom. The number of non-ortho nitro benzene ring substituents is 1. The van der Waals surface area contributed by atoms with Gasteiger partial charge in [-0.05, 0) is 77.2 Å². The zero-order valence-corrected chi connectivity index (χ0v) is 24.2. The molecule has 0 saturated carbocycles. The Balaban J connectivity index is 1.41. The van der Waals surface area contributed by atoms with Gasteiger partial charge in [0.2, 0.25) is 0 Å². The van der Waals surface area contributed by atoms with E-state index in [-0.39, 0.29) is 10.6 Å². The molecule has 0 N–H and O–H groups in total. The molecule has 0 radical (unpaired) electrons. The summed E-state index contributed by atoms with van der Waals surface area (Å²) in [5.41, 5.74) is 8.51. The van der Waals surface area contributed by atoms with Crippen LogP contribution in [0.15, 0.2) is 152 Å². The minimum atomic E-state index is -0.365. The molecule has 1 aliphatic rings. The van der Waals surface area contributed by atoms with E-state index in [9.17, 15) is 10.1 Å². The molecule has 0 fully saturated rings. The third-order valence-electron chi connectivity index (χ3n) is 8.06. The van der Waals surface area contributed by atoms with Crippen LogP contribution in [0.3, 0.4) is 0 Å². The highest BCUT2D eigenvalue weighted by molar-refractivity contribution is 5.81. The van der Waals surface area contributed by atoms with Crippen molar-refractivity contribution >= 4 is 34.1 Å². The number of nitrogens with zero attached hydrogens (tertiary/aromatic N) is 3. The van der Waals surface area contributed by atoms with Crippen molar-refractivity contribution in [2.45, 2.75) is 12.8 Å². The third kappa shape index (κ3) is 5.97. The summed E-state index contributed by atoms with van der Waals surface area (Å²) in [4.78, 5) is 15.2. The van der Waals surface area contributed by atoms with E-state index in [4.69, 9.17) is 0 Å². The maximum absolute atomic E-state index is 11.3. The highest BCUT2D eigenvalue weighted by Gasteiger charge is 2.20. The lowest BCUT2D eigenvalue weighted by Crippen LogP contribution is -2.13. The third-order valence-corrected chi connectivity index (χ3v) is 8.06. The molecule has 5 aromatic rings. The zero-order chi connectivity index (χ0) is 29.8. The molecular weight excluding hydrogens is 530 g/mol. The van der Waals surface area contributed by atoms with Crippen molar-refractivity contribution in [3.05, 3.63) is 167 Å². The Kier molecular flexibility index (Phi) is 7.88. The Labute approximate surface area is 252 Å². The van der Waals surface area contributed by atoms with Crippen LogP contribution in [0, 0.1) is 16.0 Å². The molecule has 2 unspecified atom stereocenters. The second-order valence-corrected chi connectivity index (χ2v) is 10.9. The lowest BCUT2D eigenvalue weighted by atomic mass is 9.84. The van der Waals surface area contributed by atoms with Gasteiger partial charge in [0.05, 0.1) is 4.92 Å². The number of nitro groups is 1. The molecule has 2 atom stereocenters. The maximum Gasteiger partial charge on any atom is 0.271 e. The molecule has 0 spiro atoms.